The van der Waals surface area contributed by atoms with Gasteiger partial charge in [0.25, 0.3) is 0 Å². The van der Waals surface area contributed by atoms with E-state index in [1.807, 2.05) is 6.20 Å². The van der Waals surface area contributed by atoms with E-state index in [1.54, 1.807) is 12.1 Å². The maximum atomic E-state index is 11.6. The minimum Gasteiger partial charge on any atom is -0.478 e. The smallest absolute Gasteiger partial charge is 0.337 e. The van der Waals surface area contributed by atoms with Gasteiger partial charge in [-0.15, -0.1) is 25.3 Å². The molecule has 6 nitrogen and oxygen atoms in total. The zero-order chi connectivity index (χ0) is 20.1. The minimum absolute atomic E-state index is 0.109. The summed E-state index contributed by atoms with van der Waals surface area (Å²) in [6.07, 6.45) is 3.74. The molecule has 1 saturated heterocycles. The van der Waals surface area contributed by atoms with Crippen LogP contribution in [0.15, 0.2) is 40.3 Å². The third-order valence-electron chi connectivity index (χ3n) is 5.58. The number of H-pyrrole nitrogens is 2. The molecule has 0 spiro atoms. The molecule has 0 saturated carbocycles. The molecule has 8 heteroatoms. The molecule has 0 aliphatic carbocycles. The van der Waals surface area contributed by atoms with Gasteiger partial charge in [0, 0.05) is 51.5 Å². The van der Waals surface area contributed by atoms with E-state index >= 15 is 0 Å². The standard InChI is InChI=1S/C21H19N3O3S2/c25-21(26)19-16(28)6-11(7-17(19)29)18-13-8-14-12(9-22-24-14)5-15(13)23-20(18)10-1-3-27-4-2-10/h5-10,22,24,28-29H,1-4H2,(H,25,26). The van der Waals surface area contributed by atoms with Crippen LogP contribution in [0.5, 0.6) is 0 Å². The Kier molecular flexibility index (Phi) is 4.57. The Morgan fingerprint density at radius 1 is 1.14 bits per heavy atom. The van der Waals surface area contributed by atoms with Gasteiger partial charge in [0.1, 0.15) is 0 Å². The maximum Gasteiger partial charge on any atom is 0.337 e. The average molecular weight is 426 g/mol. The predicted octanol–water partition coefficient (Wildman–Crippen LogP) is 4.88. The number of hydrogen-bond donors (Lipinski definition) is 5. The number of ether oxygens (including phenoxy) is 1. The van der Waals surface area contributed by atoms with Crippen LogP contribution in [0, 0.1) is 0 Å². The molecule has 0 radical (unpaired) electrons. The van der Waals surface area contributed by atoms with Gasteiger partial charge in [-0.25, -0.2) is 4.79 Å². The first-order valence-corrected chi connectivity index (χ1v) is 10.3. The lowest BCUT2D eigenvalue weighted by Crippen LogP contribution is -2.15. The van der Waals surface area contributed by atoms with Crippen molar-refractivity contribution in [1.82, 2.24) is 15.2 Å². The summed E-state index contributed by atoms with van der Waals surface area (Å²) in [5.74, 6) is -0.743. The summed E-state index contributed by atoms with van der Waals surface area (Å²) in [7, 11) is 0. The largest absolute Gasteiger partial charge is 0.478 e. The van der Waals surface area contributed by atoms with Gasteiger partial charge in [-0.3, -0.25) is 4.98 Å². The van der Waals surface area contributed by atoms with E-state index in [0.29, 0.717) is 15.7 Å². The second kappa shape index (κ2) is 7.12. The lowest BCUT2D eigenvalue weighted by atomic mass is 9.90. The number of carboxylic acids is 1. The molecule has 0 amide bonds. The molecule has 3 heterocycles. The average Bonchev–Trinajstić information content (AvgIpc) is 3.29. The number of rotatable bonds is 3. The Bertz CT molecular complexity index is 1230. The summed E-state index contributed by atoms with van der Waals surface area (Å²) >= 11 is 8.86. The predicted molar refractivity (Wildman–Crippen MR) is 118 cm³/mol. The van der Waals surface area contributed by atoms with Crippen molar-refractivity contribution in [3.8, 4) is 11.1 Å². The fourth-order valence-electron chi connectivity index (χ4n) is 4.19. The van der Waals surface area contributed by atoms with Gasteiger partial charge < -0.3 is 20.0 Å². The van der Waals surface area contributed by atoms with Crippen LogP contribution in [-0.2, 0) is 4.74 Å². The maximum absolute atomic E-state index is 11.6. The number of aromatic carboxylic acids is 1. The number of nitrogens with zero attached hydrogens (tertiary/aromatic N) is 1. The lowest BCUT2D eigenvalue weighted by molar-refractivity contribution is 0.0689. The molecule has 5 rings (SSSR count). The minimum atomic E-state index is -1.04. The van der Waals surface area contributed by atoms with Crippen LogP contribution in [-0.4, -0.2) is 39.5 Å². The zero-order valence-corrected chi connectivity index (χ0v) is 17.2. The van der Waals surface area contributed by atoms with Crippen molar-refractivity contribution in [3.63, 3.8) is 0 Å². The van der Waals surface area contributed by atoms with Crippen molar-refractivity contribution in [2.24, 2.45) is 0 Å². The Balaban J connectivity index is 1.79. The van der Waals surface area contributed by atoms with Crippen LogP contribution >= 0.6 is 25.3 Å². The van der Waals surface area contributed by atoms with E-state index in [-0.39, 0.29) is 5.56 Å². The van der Waals surface area contributed by atoms with Crippen molar-refractivity contribution >= 4 is 53.0 Å². The molecule has 2 aromatic heterocycles. The Morgan fingerprint density at radius 2 is 1.86 bits per heavy atom. The fourth-order valence-corrected chi connectivity index (χ4v) is 4.98. The highest BCUT2D eigenvalue weighted by molar-refractivity contribution is 7.81. The van der Waals surface area contributed by atoms with E-state index in [9.17, 15) is 9.90 Å². The molecule has 1 aliphatic heterocycles. The second-order valence-corrected chi connectivity index (χ2v) is 8.29. The van der Waals surface area contributed by atoms with Gasteiger partial charge in [0.05, 0.1) is 22.3 Å². The molecule has 4 aromatic rings. The summed E-state index contributed by atoms with van der Waals surface area (Å²) in [6.45, 7) is 1.44. The third-order valence-corrected chi connectivity index (χ3v) is 6.28. The number of carboxylic acid groups (broad SMARTS) is 1. The topological polar surface area (TPSA) is 91.0 Å². The first-order valence-electron chi connectivity index (χ1n) is 9.39. The number of benzene rings is 2. The van der Waals surface area contributed by atoms with Crippen LogP contribution in [0.3, 0.4) is 0 Å². The monoisotopic (exact) mass is 425 g/mol. The van der Waals surface area contributed by atoms with Crippen LogP contribution in [0.25, 0.3) is 32.9 Å². The van der Waals surface area contributed by atoms with Crippen molar-refractivity contribution in [3.05, 3.63) is 41.7 Å². The normalized spacial score (nSPS) is 15.4. The Hall–Kier alpha value is -2.42. The molecule has 0 atom stereocenters. The summed E-state index contributed by atoms with van der Waals surface area (Å²) in [5, 5.41) is 17.7. The number of fused-ring (bicyclic) bond motifs is 2. The first-order chi connectivity index (χ1) is 14.0. The molecule has 3 N–H and O–H groups in total. The first kappa shape index (κ1) is 18.6. The Labute approximate surface area is 177 Å². The van der Waals surface area contributed by atoms with Crippen LogP contribution in [0.1, 0.15) is 34.8 Å². The van der Waals surface area contributed by atoms with Crippen molar-refractivity contribution in [2.45, 2.75) is 28.6 Å². The fraction of sp³-hybridized carbons (Fsp3) is 0.238. The highest BCUT2D eigenvalue weighted by atomic mass is 32.1. The molecule has 1 aliphatic rings. The lowest BCUT2D eigenvalue weighted by Gasteiger charge is -2.22. The molecule has 2 aromatic carbocycles. The van der Waals surface area contributed by atoms with Crippen molar-refractivity contribution < 1.29 is 14.6 Å². The van der Waals surface area contributed by atoms with E-state index in [1.165, 1.54) is 0 Å². The van der Waals surface area contributed by atoms with E-state index in [0.717, 1.165) is 64.7 Å². The van der Waals surface area contributed by atoms with Gasteiger partial charge in [-0.1, -0.05) is 0 Å². The molecular weight excluding hydrogens is 406 g/mol. The zero-order valence-electron chi connectivity index (χ0n) is 15.4. The van der Waals surface area contributed by atoms with Crippen molar-refractivity contribution in [1.29, 1.82) is 0 Å². The third kappa shape index (κ3) is 3.11. The highest BCUT2D eigenvalue weighted by Crippen LogP contribution is 2.42. The number of thiol groups is 2. The molecular formula is C21H19N3O3S2. The molecule has 148 valence electrons. The summed E-state index contributed by atoms with van der Waals surface area (Å²) < 4.78 is 5.55. The van der Waals surface area contributed by atoms with E-state index < -0.39 is 5.97 Å². The summed E-state index contributed by atoms with van der Waals surface area (Å²) in [5.41, 5.74) is 4.95. The number of nitrogens with one attached hydrogen (secondary N) is 2. The Morgan fingerprint density at radius 3 is 2.55 bits per heavy atom. The molecule has 29 heavy (non-hydrogen) atoms. The van der Waals surface area contributed by atoms with Gasteiger partial charge in [-0.05, 0) is 42.7 Å². The van der Waals surface area contributed by atoms with Crippen LogP contribution in [0.2, 0.25) is 0 Å². The number of carbonyl (C=O) groups is 1. The van der Waals surface area contributed by atoms with E-state index in [2.05, 4.69) is 47.6 Å². The van der Waals surface area contributed by atoms with Gasteiger partial charge in [0.2, 0.25) is 0 Å². The molecule has 1 fully saturated rings. The van der Waals surface area contributed by atoms with Crippen LogP contribution in [0.4, 0.5) is 0 Å². The molecule has 0 unspecified atom stereocenters. The summed E-state index contributed by atoms with van der Waals surface area (Å²) in [4.78, 5) is 17.3. The summed E-state index contributed by atoms with van der Waals surface area (Å²) in [6, 6.07) is 7.76. The van der Waals surface area contributed by atoms with Crippen LogP contribution < -0.4 is 0 Å². The van der Waals surface area contributed by atoms with Crippen molar-refractivity contribution in [2.75, 3.05) is 13.2 Å². The van der Waals surface area contributed by atoms with Gasteiger partial charge in [0.15, 0.2) is 0 Å². The SMILES string of the molecule is O=C(O)c1c(S)cc(-c2c(C3CCOCC3)nc3cc4c[nH][nH]c4cc23)cc1S. The van der Waals surface area contributed by atoms with E-state index in [4.69, 9.17) is 9.72 Å². The van der Waals surface area contributed by atoms with Gasteiger partial charge in [-0.2, -0.15) is 0 Å². The number of aromatic amines is 2. The second-order valence-electron chi connectivity index (χ2n) is 7.32. The number of hydrogen-bond acceptors (Lipinski definition) is 5. The number of aromatic nitrogens is 3. The van der Waals surface area contributed by atoms with Gasteiger partial charge >= 0.3 is 5.97 Å². The quantitative estimate of drug-likeness (QED) is 0.303. The highest BCUT2D eigenvalue weighted by Gasteiger charge is 2.26. The molecule has 0 bridgehead atoms.